The monoisotopic (exact) mass is 780 g/mol. The van der Waals surface area contributed by atoms with Crippen molar-refractivity contribution in [3.05, 3.63) is 0 Å². The zero-order chi connectivity index (χ0) is 40.1. The van der Waals surface area contributed by atoms with Gasteiger partial charge in [0.15, 0.2) is 0 Å². The van der Waals surface area contributed by atoms with E-state index in [1.165, 1.54) is 186 Å². The summed E-state index contributed by atoms with van der Waals surface area (Å²) in [6, 6.07) is -0.555. The number of carbonyl (C=O) groups is 2. The van der Waals surface area contributed by atoms with Gasteiger partial charge in [-0.3, -0.25) is 9.59 Å². The second-order valence-electron chi connectivity index (χ2n) is 17.2. The van der Waals surface area contributed by atoms with Crippen molar-refractivity contribution in [2.75, 3.05) is 13.2 Å². The number of esters is 1. The number of rotatable bonds is 46. The van der Waals surface area contributed by atoms with Crippen LogP contribution in [0, 0.1) is 0 Å². The van der Waals surface area contributed by atoms with Crippen molar-refractivity contribution in [1.82, 2.24) is 5.32 Å². The first-order chi connectivity index (χ1) is 27.0. The first-order valence-corrected chi connectivity index (χ1v) is 24.8. The Balaban J connectivity index is 3.43. The molecule has 6 heteroatoms. The van der Waals surface area contributed by atoms with Gasteiger partial charge in [0, 0.05) is 12.8 Å². The number of aliphatic hydroxyl groups excluding tert-OH is 2. The fourth-order valence-electron chi connectivity index (χ4n) is 7.82. The van der Waals surface area contributed by atoms with Crippen LogP contribution in [-0.4, -0.2) is 47.4 Å². The van der Waals surface area contributed by atoms with Gasteiger partial charge in [-0.2, -0.15) is 0 Å². The van der Waals surface area contributed by atoms with E-state index in [1.54, 1.807) is 0 Å². The van der Waals surface area contributed by atoms with Crippen LogP contribution in [0.4, 0.5) is 0 Å². The number of aliphatic hydroxyl groups is 2. The lowest BCUT2D eigenvalue weighted by atomic mass is 10.0. The van der Waals surface area contributed by atoms with E-state index in [9.17, 15) is 19.8 Å². The molecule has 0 spiro atoms. The highest BCUT2D eigenvalue weighted by atomic mass is 16.5. The Hall–Kier alpha value is -1.14. The highest BCUT2D eigenvalue weighted by Crippen LogP contribution is 2.17. The number of hydrogen-bond donors (Lipinski definition) is 3. The minimum Gasteiger partial charge on any atom is -0.466 e. The van der Waals surface area contributed by atoms with Gasteiger partial charge in [-0.05, 0) is 25.7 Å². The van der Waals surface area contributed by atoms with Gasteiger partial charge in [-0.15, -0.1) is 0 Å². The summed E-state index contributed by atoms with van der Waals surface area (Å²) in [5.74, 6) is -0.0721. The summed E-state index contributed by atoms with van der Waals surface area (Å²) in [6.07, 6.45) is 49.2. The largest absolute Gasteiger partial charge is 0.466 e. The lowest BCUT2D eigenvalue weighted by Gasteiger charge is -2.22. The van der Waals surface area contributed by atoms with Crippen molar-refractivity contribution in [1.29, 1.82) is 0 Å². The first-order valence-electron chi connectivity index (χ1n) is 24.8. The SMILES string of the molecule is CCCCCCCCCCCCCCCCCCCC(=O)OCCCCCCCCCCCCC(=O)NC(CO)C(O)CCCCCCCCCCCCC. The molecular weight excluding hydrogens is 683 g/mol. The van der Waals surface area contributed by atoms with Gasteiger partial charge in [0.25, 0.3) is 0 Å². The Morgan fingerprint density at radius 2 is 0.745 bits per heavy atom. The number of nitrogens with one attached hydrogen (secondary N) is 1. The molecule has 55 heavy (non-hydrogen) atoms. The average Bonchev–Trinajstić information content (AvgIpc) is 3.18. The molecule has 0 aliphatic rings. The van der Waals surface area contributed by atoms with Crippen LogP contribution in [0.3, 0.4) is 0 Å². The number of hydrogen-bond acceptors (Lipinski definition) is 5. The third-order valence-electron chi connectivity index (χ3n) is 11.7. The van der Waals surface area contributed by atoms with Crippen LogP contribution in [0.1, 0.15) is 277 Å². The molecule has 0 bridgehead atoms. The minimum atomic E-state index is -0.675. The number of unbranched alkanes of at least 4 members (excludes halogenated alkanes) is 35. The van der Waals surface area contributed by atoms with E-state index in [0.717, 1.165) is 57.8 Å². The quantitative estimate of drug-likeness (QED) is 0.0422. The molecule has 0 aromatic heterocycles. The van der Waals surface area contributed by atoms with Crippen molar-refractivity contribution in [2.45, 2.75) is 289 Å². The van der Waals surface area contributed by atoms with Crippen molar-refractivity contribution in [2.24, 2.45) is 0 Å². The fourth-order valence-corrected chi connectivity index (χ4v) is 7.82. The topological polar surface area (TPSA) is 95.9 Å². The predicted octanol–water partition coefficient (Wildman–Crippen LogP) is 14.4. The third kappa shape index (κ3) is 42.3. The Kier molecular flexibility index (Phi) is 44.6. The standard InChI is InChI=1S/C49H97NO5/c1-3-5-7-9-11-13-15-16-17-18-19-20-22-27-31-35-39-43-49(54)55-44-40-36-32-28-24-23-26-30-34-38-42-48(53)50-46(45-51)47(52)41-37-33-29-25-21-14-12-10-8-6-4-2/h46-47,51-52H,3-45H2,1-2H3,(H,50,53). The van der Waals surface area contributed by atoms with Crippen LogP contribution in [0.15, 0.2) is 0 Å². The number of ether oxygens (including phenoxy) is 1. The second kappa shape index (κ2) is 45.6. The fraction of sp³-hybridized carbons (Fsp3) is 0.959. The summed E-state index contributed by atoms with van der Waals surface area (Å²) < 4.78 is 5.46. The van der Waals surface area contributed by atoms with Crippen molar-refractivity contribution in [3.63, 3.8) is 0 Å². The maximum Gasteiger partial charge on any atom is 0.305 e. The molecule has 0 aliphatic heterocycles. The molecule has 0 heterocycles. The van der Waals surface area contributed by atoms with Crippen LogP contribution in [0.25, 0.3) is 0 Å². The summed E-state index contributed by atoms with van der Waals surface area (Å²) in [4.78, 5) is 24.4. The number of amides is 1. The van der Waals surface area contributed by atoms with Crippen molar-refractivity contribution >= 4 is 11.9 Å². The molecule has 2 unspecified atom stereocenters. The van der Waals surface area contributed by atoms with E-state index < -0.39 is 12.1 Å². The molecule has 2 atom stereocenters. The second-order valence-corrected chi connectivity index (χ2v) is 17.2. The molecule has 1 amide bonds. The zero-order valence-electron chi connectivity index (χ0n) is 37.2. The van der Waals surface area contributed by atoms with E-state index in [2.05, 4.69) is 19.2 Å². The zero-order valence-corrected chi connectivity index (χ0v) is 37.2. The summed E-state index contributed by atoms with van der Waals surface area (Å²) in [7, 11) is 0. The number of carbonyl (C=O) groups excluding carboxylic acids is 2. The summed E-state index contributed by atoms with van der Waals surface area (Å²) in [6.45, 7) is 4.90. The van der Waals surface area contributed by atoms with Gasteiger partial charge in [-0.25, -0.2) is 0 Å². The maximum atomic E-state index is 12.4. The summed E-state index contributed by atoms with van der Waals surface area (Å²) in [5, 5.41) is 23.1. The Labute approximate surface area is 343 Å². The molecular formula is C49H97NO5. The van der Waals surface area contributed by atoms with Gasteiger partial charge in [0.1, 0.15) is 0 Å². The van der Waals surface area contributed by atoms with Crippen molar-refractivity contribution < 1.29 is 24.5 Å². The molecule has 0 saturated heterocycles. The van der Waals surface area contributed by atoms with E-state index in [4.69, 9.17) is 4.74 Å². The van der Waals surface area contributed by atoms with Crippen LogP contribution in [0.2, 0.25) is 0 Å². The highest BCUT2D eigenvalue weighted by molar-refractivity contribution is 5.76. The molecule has 0 saturated carbocycles. The maximum absolute atomic E-state index is 12.4. The van der Waals surface area contributed by atoms with E-state index in [-0.39, 0.29) is 18.5 Å². The first kappa shape index (κ1) is 53.9. The molecule has 6 nitrogen and oxygen atoms in total. The molecule has 0 aliphatic carbocycles. The summed E-state index contributed by atoms with van der Waals surface area (Å²) in [5.41, 5.74) is 0. The molecule has 0 radical (unpaired) electrons. The lowest BCUT2D eigenvalue weighted by molar-refractivity contribution is -0.143. The normalized spacial score (nSPS) is 12.6. The van der Waals surface area contributed by atoms with Crippen molar-refractivity contribution in [3.8, 4) is 0 Å². The molecule has 0 fully saturated rings. The Morgan fingerprint density at radius 3 is 1.11 bits per heavy atom. The predicted molar refractivity (Wildman–Crippen MR) is 237 cm³/mol. The lowest BCUT2D eigenvalue weighted by Crippen LogP contribution is -2.45. The molecule has 0 aromatic rings. The van der Waals surface area contributed by atoms with E-state index in [0.29, 0.717) is 25.9 Å². The van der Waals surface area contributed by atoms with Crippen LogP contribution >= 0.6 is 0 Å². The van der Waals surface area contributed by atoms with E-state index in [1.807, 2.05) is 0 Å². The Morgan fingerprint density at radius 1 is 0.436 bits per heavy atom. The van der Waals surface area contributed by atoms with Gasteiger partial charge in [0.2, 0.25) is 5.91 Å². The van der Waals surface area contributed by atoms with Gasteiger partial charge in [0.05, 0.1) is 25.4 Å². The molecule has 328 valence electrons. The van der Waals surface area contributed by atoms with E-state index >= 15 is 0 Å². The average molecular weight is 780 g/mol. The smallest absolute Gasteiger partial charge is 0.305 e. The van der Waals surface area contributed by atoms with Gasteiger partial charge in [-0.1, -0.05) is 239 Å². The molecule has 0 rings (SSSR count). The van der Waals surface area contributed by atoms with Gasteiger partial charge < -0.3 is 20.3 Å². The molecule has 0 aromatic carbocycles. The molecule has 3 N–H and O–H groups in total. The van der Waals surface area contributed by atoms with Crippen LogP contribution in [-0.2, 0) is 14.3 Å². The van der Waals surface area contributed by atoms with Gasteiger partial charge >= 0.3 is 5.97 Å². The summed E-state index contributed by atoms with van der Waals surface area (Å²) >= 11 is 0. The Bertz CT molecular complexity index is 776. The third-order valence-corrected chi connectivity index (χ3v) is 11.7. The van der Waals surface area contributed by atoms with Crippen LogP contribution in [0.5, 0.6) is 0 Å². The van der Waals surface area contributed by atoms with Crippen LogP contribution < -0.4 is 5.32 Å². The minimum absolute atomic E-state index is 0.0148. The highest BCUT2D eigenvalue weighted by Gasteiger charge is 2.20.